The molecule has 2 aliphatic rings. The summed E-state index contributed by atoms with van der Waals surface area (Å²) in [7, 11) is 1.44. The summed E-state index contributed by atoms with van der Waals surface area (Å²) in [4.78, 5) is 39.6. The maximum atomic E-state index is 12.8. The van der Waals surface area contributed by atoms with Crippen LogP contribution in [-0.4, -0.2) is 53.4 Å². The van der Waals surface area contributed by atoms with Gasteiger partial charge in [-0.3, -0.25) is 9.69 Å². The summed E-state index contributed by atoms with van der Waals surface area (Å²) < 4.78 is 0. The largest absolute Gasteiger partial charge is 0.324 e. The zero-order valence-corrected chi connectivity index (χ0v) is 15.9. The third-order valence-electron chi connectivity index (χ3n) is 5.21. The van der Waals surface area contributed by atoms with Gasteiger partial charge in [-0.15, -0.1) is 0 Å². The van der Waals surface area contributed by atoms with Gasteiger partial charge < -0.3 is 15.5 Å². The molecule has 7 heteroatoms. The van der Waals surface area contributed by atoms with Crippen molar-refractivity contribution in [2.45, 2.75) is 12.0 Å². The monoisotopic (exact) mass is 388 g/mol. The lowest BCUT2D eigenvalue weighted by Gasteiger charge is -2.22. The fourth-order valence-electron chi connectivity index (χ4n) is 3.57. The van der Waals surface area contributed by atoms with Crippen LogP contribution in [0.15, 0.2) is 54.6 Å². The SMILES string of the molecule is CN1C(=O)NC2(CCN(C(=O)Nc3ccccc3C#Cc3ccccc3)C2)C1=O. The second kappa shape index (κ2) is 7.32. The van der Waals surface area contributed by atoms with E-state index in [1.807, 2.05) is 48.5 Å². The van der Waals surface area contributed by atoms with Crippen molar-refractivity contribution in [3.63, 3.8) is 0 Å². The first-order valence-electron chi connectivity index (χ1n) is 9.31. The van der Waals surface area contributed by atoms with Crippen molar-refractivity contribution < 1.29 is 14.4 Å². The van der Waals surface area contributed by atoms with E-state index >= 15 is 0 Å². The van der Waals surface area contributed by atoms with Gasteiger partial charge in [0.05, 0.1) is 12.2 Å². The molecule has 1 spiro atoms. The number of carbonyl (C=O) groups excluding carboxylic acids is 3. The molecule has 1 atom stereocenters. The molecule has 4 rings (SSSR count). The van der Waals surface area contributed by atoms with Gasteiger partial charge in [0.25, 0.3) is 5.91 Å². The molecule has 2 N–H and O–H groups in total. The predicted octanol–water partition coefficient (Wildman–Crippen LogP) is 2.24. The maximum absolute atomic E-state index is 12.8. The van der Waals surface area contributed by atoms with E-state index in [9.17, 15) is 14.4 Å². The Bertz CT molecular complexity index is 1040. The van der Waals surface area contributed by atoms with Crippen LogP contribution in [0.25, 0.3) is 0 Å². The number of para-hydroxylation sites is 1. The number of hydrogen-bond donors (Lipinski definition) is 2. The van der Waals surface area contributed by atoms with Gasteiger partial charge in [0, 0.05) is 24.7 Å². The number of benzene rings is 2. The molecule has 2 aromatic rings. The highest BCUT2D eigenvalue weighted by Crippen LogP contribution is 2.28. The normalized spacial score (nSPS) is 20.4. The second-order valence-electron chi connectivity index (χ2n) is 7.14. The minimum Gasteiger partial charge on any atom is -0.322 e. The van der Waals surface area contributed by atoms with Gasteiger partial charge in [-0.25, -0.2) is 9.59 Å². The molecule has 0 saturated carbocycles. The Kier molecular flexibility index (Phi) is 4.69. The van der Waals surface area contributed by atoms with E-state index in [-0.39, 0.29) is 18.5 Å². The van der Waals surface area contributed by atoms with Crippen LogP contribution in [-0.2, 0) is 4.79 Å². The molecule has 1 unspecified atom stereocenters. The number of urea groups is 2. The highest BCUT2D eigenvalue weighted by Gasteiger charge is 2.54. The quantitative estimate of drug-likeness (QED) is 0.581. The molecule has 5 amide bonds. The van der Waals surface area contributed by atoms with Crippen LogP contribution in [0.4, 0.5) is 15.3 Å². The Morgan fingerprint density at radius 3 is 2.52 bits per heavy atom. The Morgan fingerprint density at radius 1 is 1.07 bits per heavy atom. The number of amides is 5. The summed E-state index contributed by atoms with van der Waals surface area (Å²) in [5.41, 5.74) is 1.16. The number of imide groups is 1. The molecule has 0 aromatic heterocycles. The number of rotatable bonds is 1. The molecule has 2 fully saturated rings. The number of hydrogen-bond acceptors (Lipinski definition) is 3. The summed E-state index contributed by atoms with van der Waals surface area (Å²) in [6.45, 7) is 0.523. The average Bonchev–Trinajstić information content (AvgIpc) is 3.26. The van der Waals surface area contributed by atoms with Crippen LogP contribution in [0.5, 0.6) is 0 Å². The van der Waals surface area contributed by atoms with E-state index in [1.54, 1.807) is 11.0 Å². The zero-order valence-electron chi connectivity index (χ0n) is 15.9. The van der Waals surface area contributed by atoms with E-state index in [2.05, 4.69) is 22.5 Å². The van der Waals surface area contributed by atoms with Gasteiger partial charge in [-0.2, -0.15) is 0 Å². The number of nitrogens with zero attached hydrogens (tertiary/aromatic N) is 2. The lowest BCUT2D eigenvalue weighted by molar-refractivity contribution is -0.129. The van der Waals surface area contributed by atoms with Crippen molar-refractivity contribution in [3.05, 3.63) is 65.7 Å². The van der Waals surface area contributed by atoms with Crippen LogP contribution in [0.1, 0.15) is 17.5 Å². The first kappa shape index (κ1) is 18.6. The molecule has 0 aliphatic carbocycles. The van der Waals surface area contributed by atoms with Crippen molar-refractivity contribution in [1.82, 2.24) is 15.1 Å². The topological polar surface area (TPSA) is 81.8 Å². The summed E-state index contributed by atoms with van der Waals surface area (Å²) in [6.07, 6.45) is 0.394. The second-order valence-corrected chi connectivity index (χ2v) is 7.14. The van der Waals surface area contributed by atoms with Gasteiger partial charge in [0.15, 0.2) is 0 Å². The molecular formula is C22H20N4O3. The molecule has 0 bridgehead atoms. The van der Waals surface area contributed by atoms with Crippen LogP contribution >= 0.6 is 0 Å². The minimum atomic E-state index is -1.02. The predicted molar refractivity (Wildman–Crippen MR) is 108 cm³/mol. The van der Waals surface area contributed by atoms with Gasteiger partial charge in [-0.05, 0) is 30.7 Å². The van der Waals surface area contributed by atoms with Crippen molar-refractivity contribution in [2.24, 2.45) is 0 Å². The molecule has 7 nitrogen and oxygen atoms in total. The van der Waals surface area contributed by atoms with Crippen LogP contribution in [0.2, 0.25) is 0 Å². The van der Waals surface area contributed by atoms with E-state index in [1.165, 1.54) is 7.05 Å². The smallest absolute Gasteiger partial charge is 0.322 e. The van der Waals surface area contributed by atoms with Crippen molar-refractivity contribution >= 4 is 23.7 Å². The third-order valence-corrected chi connectivity index (χ3v) is 5.21. The number of likely N-dealkylation sites (tertiary alicyclic amines) is 1. The van der Waals surface area contributed by atoms with Gasteiger partial charge in [0.1, 0.15) is 5.54 Å². The highest BCUT2D eigenvalue weighted by atomic mass is 16.2. The summed E-state index contributed by atoms with van der Waals surface area (Å²) in [5.74, 6) is 5.88. The van der Waals surface area contributed by atoms with E-state index in [4.69, 9.17) is 0 Å². The molecule has 2 heterocycles. The van der Waals surface area contributed by atoms with Crippen molar-refractivity contribution in [2.75, 3.05) is 25.5 Å². The fourth-order valence-corrected chi connectivity index (χ4v) is 3.57. The minimum absolute atomic E-state index is 0.144. The summed E-state index contributed by atoms with van der Waals surface area (Å²) >= 11 is 0. The summed E-state index contributed by atoms with van der Waals surface area (Å²) in [5, 5.41) is 5.60. The Morgan fingerprint density at radius 2 is 1.79 bits per heavy atom. The standard InChI is InChI=1S/C22H20N4O3/c1-25-19(27)22(24-21(25)29)13-14-26(15-22)20(28)23-18-10-6-5-9-17(18)12-11-16-7-3-2-4-8-16/h2-10H,13-15H2,1H3,(H,23,28)(H,24,29). The van der Waals surface area contributed by atoms with Crippen LogP contribution in [0.3, 0.4) is 0 Å². The van der Waals surface area contributed by atoms with Crippen LogP contribution in [0, 0.1) is 11.8 Å². The Balaban J connectivity index is 1.48. The average molecular weight is 388 g/mol. The Labute approximate surface area is 168 Å². The van der Waals surface area contributed by atoms with Gasteiger partial charge in [0.2, 0.25) is 0 Å². The third kappa shape index (κ3) is 3.52. The molecule has 0 radical (unpaired) electrons. The molecular weight excluding hydrogens is 368 g/mol. The maximum Gasteiger partial charge on any atom is 0.324 e. The molecule has 2 aliphatic heterocycles. The van der Waals surface area contributed by atoms with Crippen molar-refractivity contribution in [3.8, 4) is 11.8 Å². The lowest BCUT2D eigenvalue weighted by atomic mass is 9.99. The first-order valence-corrected chi connectivity index (χ1v) is 9.31. The molecule has 29 heavy (non-hydrogen) atoms. The number of nitrogens with one attached hydrogen (secondary N) is 2. The number of anilines is 1. The summed E-state index contributed by atoms with van der Waals surface area (Å²) in [6, 6.07) is 16.2. The lowest BCUT2D eigenvalue weighted by Crippen LogP contribution is -2.50. The Hall–Kier alpha value is -3.79. The number of likely N-dealkylation sites (N-methyl/N-ethyl adjacent to an activating group) is 1. The zero-order chi connectivity index (χ0) is 20.4. The van der Waals surface area contributed by atoms with Crippen LogP contribution < -0.4 is 10.6 Å². The van der Waals surface area contributed by atoms with Crippen molar-refractivity contribution in [1.29, 1.82) is 0 Å². The molecule has 2 saturated heterocycles. The molecule has 2 aromatic carbocycles. The van der Waals surface area contributed by atoms with Gasteiger partial charge in [-0.1, -0.05) is 42.2 Å². The van der Waals surface area contributed by atoms with E-state index < -0.39 is 11.6 Å². The van der Waals surface area contributed by atoms with Gasteiger partial charge >= 0.3 is 12.1 Å². The first-order chi connectivity index (χ1) is 14.0. The number of carbonyl (C=O) groups is 3. The van der Waals surface area contributed by atoms with E-state index in [0.717, 1.165) is 10.5 Å². The molecule has 146 valence electrons. The van der Waals surface area contributed by atoms with E-state index in [0.29, 0.717) is 24.2 Å². The fraction of sp³-hybridized carbons (Fsp3) is 0.227. The highest BCUT2D eigenvalue weighted by molar-refractivity contribution is 6.07.